The van der Waals surface area contributed by atoms with Crippen molar-refractivity contribution in [1.29, 1.82) is 0 Å². The Morgan fingerprint density at radius 2 is 1.72 bits per heavy atom. The molecule has 0 atom stereocenters. The third kappa shape index (κ3) is 4.16. The van der Waals surface area contributed by atoms with Gasteiger partial charge in [-0.1, -0.05) is 53.7 Å². The van der Waals surface area contributed by atoms with Crippen LogP contribution in [0, 0.1) is 6.92 Å². The van der Waals surface area contributed by atoms with E-state index in [4.69, 9.17) is 0 Å². The molecule has 0 bridgehead atoms. The Balaban J connectivity index is 1.38. The molecule has 1 aliphatic heterocycles. The summed E-state index contributed by atoms with van der Waals surface area (Å²) in [6.45, 7) is 3.48. The van der Waals surface area contributed by atoms with Crippen molar-refractivity contribution in [2.75, 3.05) is 12.3 Å². The summed E-state index contributed by atoms with van der Waals surface area (Å²) in [7, 11) is 0. The molecule has 0 N–H and O–H groups in total. The summed E-state index contributed by atoms with van der Waals surface area (Å²) in [5.41, 5.74) is 5.65. The summed E-state index contributed by atoms with van der Waals surface area (Å²) in [5.74, 6) is 1.18. The van der Waals surface area contributed by atoms with Gasteiger partial charge < -0.3 is 4.90 Å². The number of fused-ring (bicyclic) bond motifs is 1. The van der Waals surface area contributed by atoms with E-state index in [-0.39, 0.29) is 5.91 Å². The van der Waals surface area contributed by atoms with E-state index in [9.17, 15) is 4.79 Å². The van der Waals surface area contributed by atoms with Gasteiger partial charge in [-0.3, -0.25) is 14.3 Å². The molecule has 0 saturated heterocycles. The number of rotatable bonds is 5. The predicted octanol–water partition coefficient (Wildman–Crippen LogP) is 4.31. The normalized spacial score (nSPS) is 13.1. The number of thioether (sulfide) groups is 1. The number of aryl methyl sites for hydroxylation is 1. The quantitative estimate of drug-likeness (QED) is 0.432. The van der Waals surface area contributed by atoms with Crippen LogP contribution in [0.5, 0.6) is 0 Å². The lowest BCUT2D eigenvalue weighted by molar-refractivity contribution is -0.129. The standard InChI is InChI=1S/C25H23N5OS/c1-18-6-8-22(9-7-18)30-24(20-10-13-26-14-11-20)27-28-25(30)32-17-23(31)29-15-12-19-4-2-3-5-21(19)16-29/h2-11,13-14H,12,15-17H2,1H3. The molecule has 2 aromatic carbocycles. The van der Waals surface area contributed by atoms with Crippen LogP contribution in [0.2, 0.25) is 0 Å². The fraction of sp³-hybridized carbons (Fsp3) is 0.200. The SMILES string of the molecule is Cc1ccc(-n2c(SCC(=O)N3CCc4ccccc4C3)nnc2-c2ccncc2)cc1. The second-order valence-electron chi connectivity index (χ2n) is 7.84. The molecule has 32 heavy (non-hydrogen) atoms. The first-order valence-electron chi connectivity index (χ1n) is 10.6. The van der Waals surface area contributed by atoms with E-state index in [1.54, 1.807) is 12.4 Å². The van der Waals surface area contributed by atoms with Gasteiger partial charge in [0.1, 0.15) is 0 Å². The van der Waals surface area contributed by atoms with Crippen molar-refractivity contribution in [3.63, 3.8) is 0 Å². The summed E-state index contributed by atoms with van der Waals surface area (Å²) < 4.78 is 2.01. The number of benzene rings is 2. The molecule has 160 valence electrons. The molecule has 3 heterocycles. The third-order valence-corrected chi connectivity index (χ3v) is 6.59. The second kappa shape index (κ2) is 8.96. The lowest BCUT2D eigenvalue weighted by atomic mass is 10.00. The van der Waals surface area contributed by atoms with Crippen LogP contribution in [-0.2, 0) is 17.8 Å². The molecule has 7 heteroatoms. The maximum Gasteiger partial charge on any atom is 0.233 e. The Morgan fingerprint density at radius 1 is 0.969 bits per heavy atom. The van der Waals surface area contributed by atoms with E-state index in [1.165, 1.54) is 28.5 Å². The van der Waals surface area contributed by atoms with Crippen LogP contribution in [0.1, 0.15) is 16.7 Å². The number of aromatic nitrogens is 4. The van der Waals surface area contributed by atoms with Crippen molar-refractivity contribution in [1.82, 2.24) is 24.6 Å². The van der Waals surface area contributed by atoms with Gasteiger partial charge in [-0.05, 0) is 48.7 Å². The van der Waals surface area contributed by atoms with E-state index >= 15 is 0 Å². The molecule has 0 unspecified atom stereocenters. The van der Waals surface area contributed by atoms with Gasteiger partial charge in [0, 0.05) is 36.7 Å². The largest absolute Gasteiger partial charge is 0.337 e. The molecule has 0 saturated carbocycles. The third-order valence-electron chi connectivity index (χ3n) is 5.67. The molecule has 6 nitrogen and oxygen atoms in total. The van der Waals surface area contributed by atoms with Gasteiger partial charge in [-0.25, -0.2) is 0 Å². The average Bonchev–Trinajstić information content (AvgIpc) is 3.27. The van der Waals surface area contributed by atoms with E-state index in [2.05, 4.69) is 64.6 Å². The minimum absolute atomic E-state index is 0.119. The molecule has 5 rings (SSSR count). The first kappa shape index (κ1) is 20.5. The Labute approximate surface area is 191 Å². The molecular weight excluding hydrogens is 418 g/mol. The highest BCUT2D eigenvalue weighted by molar-refractivity contribution is 7.99. The van der Waals surface area contributed by atoms with Gasteiger partial charge in [0.15, 0.2) is 11.0 Å². The minimum Gasteiger partial charge on any atom is -0.337 e. The van der Waals surface area contributed by atoms with Crippen molar-refractivity contribution in [3.8, 4) is 17.1 Å². The maximum absolute atomic E-state index is 13.0. The first-order chi connectivity index (χ1) is 15.7. The van der Waals surface area contributed by atoms with Crippen LogP contribution in [0.15, 0.2) is 78.2 Å². The molecule has 0 spiro atoms. The lowest BCUT2D eigenvalue weighted by Crippen LogP contribution is -2.37. The van der Waals surface area contributed by atoms with Crippen molar-refractivity contribution in [2.45, 2.75) is 25.0 Å². The van der Waals surface area contributed by atoms with Crippen LogP contribution in [0.4, 0.5) is 0 Å². The molecule has 1 amide bonds. The van der Waals surface area contributed by atoms with E-state index in [0.717, 1.165) is 30.0 Å². The number of nitrogens with zero attached hydrogens (tertiary/aromatic N) is 5. The Bertz CT molecular complexity index is 1240. The van der Waals surface area contributed by atoms with Crippen LogP contribution in [-0.4, -0.2) is 42.9 Å². The maximum atomic E-state index is 13.0. The monoisotopic (exact) mass is 441 g/mol. The van der Waals surface area contributed by atoms with Crippen molar-refractivity contribution in [3.05, 3.63) is 89.7 Å². The van der Waals surface area contributed by atoms with Crippen molar-refractivity contribution >= 4 is 17.7 Å². The van der Waals surface area contributed by atoms with Gasteiger partial charge in [0.05, 0.1) is 5.75 Å². The number of pyridine rings is 1. The van der Waals surface area contributed by atoms with E-state index in [0.29, 0.717) is 17.5 Å². The number of amides is 1. The van der Waals surface area contributed by atoms with Gasteiger partial charge in [-0.2, -0.15) is 0 Å². The Hall–Kier alpha value is -3.45. The highest BCUT2D eigenvalue weighted by atomic mass is 32.2. The van der Waals surface area contributed by atoms with Crippen LogP contribution >= 0.6 is 11.8 Å². The zero-order valence-corrected chi connectivity index (χ0v) is 18.6. The van der Waals surface area contributed by atoms with Gasteiger partial charge in [-0.15, -0.1) is 10.2 Å². The van der Waals surface area contributed by atoms with E-state index < -0.39 is 0 Å². The van der Waals surface area contributed by atoms with Gasteiger partial charge in [0.25, 0.3) is 0 Å². The molecule has 0 aliphatic carbocycles. The first-order valence-corrected chi connectivity index (χ1v) is 11.6. The topological polar surface area (TPSA) is 63.9 Å². The summed E-state index contributed by atoms with van der Waals surface area (Å²) in [4.78, 5) is 19.0. The Kier molecular flexibility index (Phi) is 5.73. The molecule has 4 aromatic rings. The summed E-state index contributed by atoms with van der Waals surface area (Å²) in [6.07, 6.45) is 4.39. The van der Waals surface area contributed by atoms with E-state index in [1.807, 2.05) is 27.7 Å². The molecule has 1 aliphatic rings. The molecule has 0 radical (unpaired) electrons. The zero-order valence-electron chi connectivity index (χ0n) is 17.8. The lowest BCUT2D eigenvalue weighted by Gasteiger charge is -2.28. The fourth-order valence-corrected chi connectivity index (χ4v) is 4.76. The summed E-state index contributed by atoms with van der Waals surface area (Å²) in [6, 6.07) is 20.4. The summed E-state index contributed by atoms with van der Waals surface area (Å²) >= 11 is 1.43. The van der Waals surface area contributed by atoms with Gasteiger partial charge in [0.2, 0.25) is 5.91 Å². The van der Waals surface area contributed by atoms with Crippen molar-refractivity contribution in [2.24, 2.45) is 0 Å². The zero-order chi connectivity index (χ0) is 21.9. The highest BCUT2D eigenvalue weighted by Gasteiger charge is 2.22. The number of hydrogen-bond donors (Lipinski definition) is 0. The number of hydrogen-bond acceptors (Lipinski definition) is 5. The van der Waals surface area contributed by atoms with Crippen LogP contribution in [0.25, 0.3) is 17.1 Å². The predicted molar refractivity (Wildman–Crippen MR) is 126 cm³/mol. The minimum atomic E-state index is 0.119. The molecule has 2 aromatic heterocycles. The summed E-state index contributed by atoms with van der Waals surface area (Å²) in [5, 5.41) is 9.57. The Morgan fingerprint density at radius 3 is 2.50 bits per heavy atom. The van der Waals surface area contributed by atoms with Crippen LogP contribution in [0.3, 0.4) is 0 Å². The van der Waals surface area contributed by atoms with Crippen molar-refractivity contribution < 1.29 is 4.79 Å². The fourth-order valence-electron chi connectivity index (χ4n) is 3.90. The smallest absolute Gasteiger partial charge is 0.233 e. The average molecular weight is 442 g/mol. The highest BCUT2D eigenvalue weighted by Crippen LogP contribution is 2.28. The van der Waals surface area contributed by atoms with Crippen LogP contribution < -0.4 is 0 Å². The molecular formula is C25H23N5OS. The van der Waals surface area contributed by atoms with Gasteiger partial charge >= 0.3 is 0 Å². The molecule has 0 fully saturated rings. The number of carbonyl (C=O) groups is 1. The second-order valence-corrected chi connectivity index (χ2v) is 8.78. The number of carbonyl (C=O) groups excluding carboxylic acids is 1.